The van der Waals surface area contributed by atoms with E-state index >= 15 is 0 Å². The van der Waals surface area contributed by atoms with Gasteiger partial charge in [-0.15, -0.1) is 0 Å². The molecule has 1 unspecified atom stereocenters. The number of unbranched alkanes of at least 4 members (excludes halogenated alkanes) is 2. The van der Waals surface area contributed by atoms with Gasteiger partial charge < -0.3 is 10.1 Å². The third-order valence-electron chi connectivity index (χ3n) is 2.91. The van der Waals surface area contributed by atoms with Gasteiger partial charge in [0.2, 0.25) is 0 Å². The van der Waals surface area contributed by atoms with Gasteiger partial charge in [0.25, 0.3) is 0 Å². The molecule has 0 saturated carbocycles. The van der Waals surface area contributed by atoms with Gasteiger partial charge in [-0.1, -0.05) is 19.8 Å². The Morgan fingerprint density at radius 3 is 2.35 bits per heavy atom. The molecule has 0 amide bonds. The second-order valence-electron chi connectivity index (χ2n) is 4.86. The second-order valence-corrected chi connectivity index (χ2v) is 4.86. The largest absolute Gasteiger partial charge is 0.489 e. The maximum atomic E-state index is 12.4. The Balaban J connectivity index is 2.33. The molecule has 0 fully saturated rings. The quantitative estimate of drug-likeness (QED) is 0.722. The molecule has 1 atom stereocenters. The summed E-state index contributed by atoms with van der Waals surface area (Å²) in [5.74, 6) is 0.459. The smallest absolute Gasteiger partial charge is 0.416 e. The van der Waals surface area contributed by atoms with E-state index in [2.05, 4.69) is 12.2 Å². The highest BCUT2D eigenvalue weighted by atomic mass is 19.4. The predicted molar refractivity (Wildman–Crippen MR) is 73.9 cm³/mol. The summed E-state index contributed by atoms with van der Waals surface area (Å²) in [6.07, 6.45) is -0.872. The van der Waals surface area contributed by atoms with Crippen LogP contribution >= 0.6 is 0 Å². The van der Waals surface area contributed by atoms with Gasteiger partial charge in [-0.3, -0.25) is 0 Å². The highest BCUT2D eigenvalue weighted by Gasteiger charge is 2.30. The summed E-state index contributed by atoms with van der Waals surface area (Å²) >= 11 is 0. The summed E-state index contributed by atoms with van der Waals surface area (Å²) in [5, 5.41) is 3.27. The first kappa shape index (κ1) is 16.8. The van der Waals surface area contributed by atoms with Crippen LogP contribution in [0.1, 0.15) is 38.7 Å². The van der Waals surface area contributed by atoms with Crippen molar-refractivity contribution in [2.24, 2.45) is 0 Å². The number of benzene rings is 1. The first-order valence-electron chi connectivity index (χ1n) is 6.98. The molecule has 0 aliphatic heterocycles. The number of rotatable bonds is 8. The van der Waals surface area contributed by atoms with Crippen molar-refractivity contribution < 1.29 is 17.9 Å². The third kappa shape index (κ3) is 6.28. The summed E-state index contributed by atoms with van der Waals surface area (Å²) in [7, 11) is 0. The SMILES string of the molecule is CCCCCNCC(C)Oc1ccc(C(F)(F)F)cc1. The van der Waals surface area contributed by atoms with E-state index in [1.54, 1.807) is 0 Å². The molecule has 114 valence electrons. The van der Waals surface area contributed by atoms with Crippen molar-refractivity contribution in [1.29, 1.82) is 0 Å². The molecule has 0 heterocycles. The van der Waals surface area contributed by atoms with Crippen LogP contribution in [0, 0.1) is 0 Å². The monoisotopic (exact) mass is 289 g/mol. The molecular weight excluding hydrogens is 267 g/mol. The standard InChI is InChI=1S/C15H22F3NO/c1-3-4-5-10-19-11-12(2)20-14-8-6-13(7-9-14)15(16,17)18/h6-9,12,19H,3-5,10-11H2,1-2H3. The van der Waals surface area contributed by atoms with Gasteiger partial charge >= 0.3 is 6.18 Å². The highest BCUT2D eigenvalue weighted by Crippen LogP contribution is 2.30. The normalized spacial score (nSPS) is 13.2. The fourth-order valence-electron chi connectivity index (χ4n) is 1.80. The maximum Gasteiger partial charge on any atom is 0.416 e. The van der Waals surface area contributed by atoms with Crippen molar-refractivity contribution in [3.05, 3.63) is 29.8 Å². The van der Waals surface area contributed by atoms with Crippen molar-refractivity contribution in [2.75, 3.05) is 13.1 Å². The fraction of sp³-hybridized carbons (Fsp3) is 0.600. The molecule has 0 radical (unpaired) electrons. The van der Waals surface area contributed by atoms with Crippen molar-refractivity contribution >= 4 is 0 Å². The average molecular weight is 289 g/mol. The Morgan fingerprint density at radius 1 is 1.15 bits per heavy atom. The zero-order chi connectivity index (χ0) is 15.0. The van der Waals surface area contributed by atoms with Crippen LogP contribution in [-0.2, 0) is 6.18 Å². The fourth-order valence-corrected chi connectivity index (χ4v) is 1.80. The van der Waals surface area contributed by atoms with E-state index < -0.39 is 11.7 Å². The lowest BCUT2D eigenvalue weighted by molar-refractivity contribution is -0.137. The molecule has 1 aromatic rings. The van der Waals surface area contributed by atoms with E-state index in [9.17, 15) is 13.2 Å². The first-order valence-corrected chi connectivity index (χ1v) is 6.98. The van der Waals surface area contributed by atoms with E-state index in [4.69, 9.17) is 4.74 Å². The molecule has 0 aliphatic carbocycles. The van der Waals surface area contributed by atoms with Crippen LogP contribution in [0.15, 0.2) is 24.3 Å². The molecule has 1 aromatic carbocycles. The maximum absolute atomic E-state index is 12.4. The lowest BCUT2D eigenvalue weighted by Crippen LogP contribution is -2.29. The molecule has 20 heavy (non-hydrogen) atoms. The molecule has 1 N–H and O–H groups in total. The lowest BCUT2D eigenvalue weighted by atomic mass is 10.2. The van der Waals surface area contributed by atoms with E-state index in [1.807, 2.05) is 6.92 Å². The summed E-state index contributed by atoms with van der Waals surface area (Å²) in [6, 6.07) is 4.79. The van der Waals surface area contributed by atoms with E-state index in [-0.39, 0.29) is 6.10 Å². The molecule has 0 aliphatic rings. The van der Waals surface area contributed by atoms with Crippen LogP contribution in [0.5, 0.6) is 5.75 Å². The Hall–Kier alpha value is -1.23. The molecule has 0 bridgehead atoms. The zero-order valence-electron chi connectivity index (χ0n) is 12.0. The minimum atomic E-state index is -4.30. The second kappa shape index (κ2) is 8.15. The van der Waals surface area contributed by atoms with Gasteiger partial charge in [-0.05, 0) is 44.2 Å². The minimum absolute atomic E-state index is 0.0756. The van der Waals surface area contributed by atoms with E-state index in [0.29, 0.717) is 12.3 Å². The van der Waals surface area contributed by atoms with Crippen molar-refractivity contribution in [1.82, 2.24) is 5.32 Å². The lowest BCUT2D eigenvalue weighted by Gasteiger charge is -2.16. The number of halogens is 3. The van der Waals surface area contributed by atoms with Gasteiger partial charge in [0.05, 0.1) is 5.56 Å². The number of nitrogens with one attached hydrogen (secondary N) is 1. The van der Waals surface area contributed by atoms with Crippen molar-refractivity contribution in [3.63, 3.8) is 0 Å². The third-order valence-corrected chi connectivity index (χ3v) is 2.91. The number of hydrogen-bond acceptors (Lipinski definition) is 2. The van der Waals surface area contributed by atoms with Gasteiger partial charge in [0, 0.05) is 6.54 Å². The topological polar surface area (TPSA) is 21.3 Å². The number of hydrogen-bond donors (Lipinski definition) is 1. The average Bonchev–Trinajstić information content (AvgIpc) is 2.38. The van der Waals surface area contributed by atoms with Crippen molar-refractivity contribution in [2.45, 2.75) is 45.4 Å². The Kier molecular flexibility index (Phi) is 6.85. The molecule has 2 nitrogen and oxygen atoms in total. The van der Waals surface area contributed by atoms with Gasteiger partial charge in [-0.2, -0.15) is 13.2 Å². The van der Waals surface area contributed by atoms with Crippen LogP contribution in [0.3, 0.4) is 0 Å². The summed E-state index contributed by atoms with van der Waals surface area (Å²) in [5.41, 5.74) is -0.657. The molecule has 1 rings (SSSR count). The van der Waals surface area contributed by atoms with Gasteiger partial charge in [0.1, 0.15) is 11.9 Å². The van der Waals surface area contributed by atoms with Gasteiger partial charge in [0.15, 0.2) is 0 Å². The molecule has 0 saturated heterocycles. The van der Waals surface area contributed by atoms with Crippen molar-refractivity contribution in [3.8, 4) is 5.75 Å². The van der Waals surface area contributed by atoms with Crippen LogP contribution in [0.2, 0.25) is 0 Å². The summed E-state index contributed by atoms with van der Waals surface area (Å²) in [4.78, 5) is 0. The highest BCUT2D eigenvalue weighted by molar-refractivity contribution is 5.28. The molecule has 5 heteroatoms. The Labute approximate surface area is 118 Å². The van der Waals surface area contributed by atoms with Crippen LogP contribution in [0.25, 0.3) is 0 Å². The molecular formula is C15H22F3NO. The van der Waals surface area contributed by atoms with E-state index in [0.717, 1.165) is 25.1 Å². The van der Waals surface area contributed by atoms with Crippen LogP contribution in [-0.4, -0.2) is 19.2 Å². The molecule has 0 aromatic heterocycles. The number of ether oxygens (including phenoxy) is 1. The summed E-state index contributed by atoms with van der Waals surface area (Å²) in [6.45, 7) is 5.67. The Morgan fingerprint density at radius 2 is 1.80 bits per heavy atom. The Bertz CT molecular complexity index is 376. The van der Waals surface area contributed by atoms with Gasteiger partial charge in [-0.25, -0.2) is 0 Å². The van der Waals surface area contributed by atoms with Crippen LogP contribution in [0.4, 0.5) is 13.2 Å². The summed E-state index contributed by atoms with van der Waals surface area (Å²) < 4.78 is 42.8. The zero-order valence-corrected chi connectivity index (χ0v) is 12.0. The van der Waals surface area contributed by atoms with Crippen LogP contribution < -0.4 is 10.1 Å². The predicted octanol–water partition coefficient (Wildman–Crippen LogP) is 4.25. The first-order chi connectivity index (χ1) is 9.43. The van der Waals surface area contributed by atoms with E-state index in [1.165, 1.54) is 25.0 Å². The molecule has 0 spiro atoms. The number of alkyl halides is 3. The minimum Gasteiger partial charge on any atom is -0.489 e.